The summed E-state index contributed by atoms with van der Waals surface area (Å²) in [6.07, 6.45) is 15.2. The molecule has 0 aliphatic rings. The van der Waals surface area contributed by atoms with Gasteiger partial charge >= 0.3 is 6.09 Å². The van der Waals surface area contributed by atoms with Crippen LogP contribution in [-0.4, -0.2) is 17.2 Å². The third-order valence-corrected chi connectivity index (χ3v) is 3.89. The molecule has 0 saturated heterocycles. The van der Waals surface area contributed by atoms with Gasteiger partial charge in [0.1, 0.15) is 0 Å². The first-order valence-corrected chi connectivity index (χ1v) is 8.70. The molecule has 0 aromatic carbocycles. The Bertz CT molecular complexity index is 219. The highest BCUT2D eigenvalue weighted by Crippen LogP contribution is 2.13. The number of rotatable bonds is 14. The Hall–Kier alpha value is -0.730. The highest BCUT2D eigenvalue weighted by molar-refractivity contribution is 5.64. The number of hydrogen-bond acceptors (Lipinski definition) is 1. The predicted octanol–water partition coefficient (Wildman–Crippen LogP) is 5.73. The van der Waals surface area contributed by atoms with Gasteiger partial charge in [-0.2, -0.15) is 0 Å². The van der Waals surface area contributed by atoms with Crippen LogP contribution in [0, 0.1) is 0 Å². The Morgan fingerprint density at radius 3 is 1.75 bits per heavy atom. The minimum atomic E-state index is -0.873. The van der Waals surface area contributed by atoms with E-state index < -0.39 is 6.09 Å². The van der Waals surface area contributed by atoms with Crippen LogP contribution in [-0.2, 0) is 0 Å². The molecule has 2 N–H and O–H groups in total. The second-order valence-corrected chi connectivity index (χ2v) is 5.91. The van der Waals surface area contributed by atoms with Crippen LogP contribution in [0.5, 0.6) is 0 Å². The van der Waals surface area contributed by atoms with Crippen molar-refractivity contribution in [1.82, 2.24) is 5.32 Å². The van der Waals surface area contributed by atoms with Gasteiger partial charge in [0, 0.05) is 6.04 Å². The van der Waals surface area contributed by atoms with Gasteiger partial charge in [0.15, 0.2) is 0 Å². The van der Waals surface area contributed by atoms with Crippen molar-refractivity contribution in [3.05, 3.63) is 0 Å². The maximum Gasteiger partial charge on any atom is 0.404 e. The van der Waals surface area contributed by atoms with Crippen LogP contribution in [0.4, 0.5) is 4.79 Å². The molecule has 0 aliphatic carbocycles. The molecule has 3 heteroatoms. The first-order chi connectivity index (χ1) is 9.70. The average Bonchev–Trinajstić information content (AvgIpc) is 2.42. The lowest BCUT2D eigenvalue weighted by atomic mass is 10.0. The molecule has 120 valence electrons. The Morgan fingerprint density at radius 1 is 0.800 bits per heavy atom. The van der Waals surface area contributed by atoms with Crippen LogP contribution in [0.1, 0.15) is 97.3 Å². The van der Waals surface area contributed by atoms with Gasteiger partial charge in [-0.15, -0.1) is 0 Å². The first kappa shape index (κ1) is 19.3. The number of unbranched alkanes of at least 4 members (excludes halogenated alkanes) is 9. The van der Waals surface area contributed by atoms with Crippen molar-refractivity contribution < 1.29 is 9.90 Å². The molecule has 0 rings (SSSR count). The molecule has 0 aromatic heterocycles. The summed E-state index contributed by atoms with van der Waals surface area (Å²) < 4.78 is 0. The lowest BCUT2D eigenvalue weighted by Crippen LogP contribution is -2.33. The SMILES string of the molecule is CCCCCCCCCCCC(CCCC)NC(=O)O. The average molecular weight is 285 g/mol. The zero-order valence-electron chi connectivity index (χ0n) is 13.6. The van der Waals surface area contributed by atoms with E-state index in [1.165, 1.54) is 51.4 Å². The van der Waals surface area contributed by atoms with Crippen LogP contribution in [0.3, 0.4) is 0 Å². The molecule has 0 saturated carbocycles. The van der Waals surface area contributed by atoms with Crippen molar-refractivity contribution in [2.45, 2.75) is 103 Å². The Labute approximate surface area is 125 Å². The summed E-state index contributed by atoms with van der Waals surface area (Å²) in [4.78, 5) is 10.7. The van der Waals surface area contributed by atoms with E-state index in [0.29, 0.717) is 0 Å². The summed E-state index contributed by atoms with van der Waals surface area (Å²) in [6, 6.07) is 0.164. The molecule has 0 fully saturated rings. The van der Waals surface area contributed by atoms with E-state index in [4.69, 9.17) is 5.11 Å². The molecule has 1 amide bonds. The Kier molecular flexibility index (Phi) is 14.1. The monoisotopic (exact) mass is 285 g/mol. The molecule has 1 atom stereocenters. The van der Waals surface area contributed by atoms with Crippen LogP contribution < -0.4 is 5.32 Å². The normalized spacial score (nSPS) is 12.3. The van der Waals surface area contributed by atoms with Crippen molar-refractivity contribution in [3.63, 3.8) is 0 Å². The van der Waals surface area contributed by atoms with E-state index in [1.807, 2.05) is 0 Å². The fraction of sp³-hybridized carbons (Fsp3) is 0.941. The number of hydrogen-bond donors (Lipinski definition) is 2. The molecular weight excluding hydrogens is 250 g/mol. The minimum absolute atomic E-state index is 0.164. The van der Waals surface area contributed by atoms with Gasteiger partial charge in [0.2, 0.25) is 0 Å². The minimum Gasteiger partial charge on any atom is -0.465 e. The smallest absolute Gasteiger partial charge is 0.404 e. The van der Waals surface area contributed by atoms with E-state index in [9.17, 15) is 4.79 Å². The molecule has 0 aromatic rings. The highest BCUT2D eigenvalue weighted by atomic mass is 16.4. The van der Waals surface area contributed by atoms with Crippen molar-refractivity contribution in [1.29, 1.82) is 0 Å². The number of carboxylic acid groups (broad SMARTS) is 1. The summed E-state index contributed by atoms with van der Waals surface area (Å²) in [5, 5.41) is 11.5. The zero-order valence-corrected chi connectivity index (χ0v) is 13.6. The number of nitrogens with one attached hydrogen (secondary N) is 1. The van der Waals surface area contributed by atoms with Crippen LogP contribution >= 0.6 is 0 Å². The standard InChI is InChI=1S/C17H35NO2/c1-3-5-7-8-9-10-11-12-13-15-16(14-6-4-2)18-17(19)20/h16,18H,3-15H2,1-2H3,(H,19,20). The van der Waals surface area contributed by atoms with Gasteiger partial charge in [0.25, 0.3) is 0 Å². The second-order valence-electron chi connectivity index (χ2n) is 5.91. The highest BCUT2D eigenvalue weighted by Gasteiger charge is 2.10. The molecule has 0 aliphatic heterocycles. The zero-order chi connectivity index (χ0) is 15.1. The lowest BCUT2D eigenvalue weighted by Gasteiger charge is -2.16. The summed E-state index contributed by atoms with van der Waals surface area (Å²) >= 11 is 0. The lowest BCUT2D eigenvalue weighted by molar-refractivity contribution is 0.187. The summed E-state index contributed by atoms with van der Waals surface area (Å²) in [5.74, 6) is 0. The molecule has 0 heterocycles. The summed E-state index contributed by atoms with van der Waals surface area (Å²) in [6.45, 7) is 4.40. The number of amides is 1. The third kappa shape index (κ3) is 13.7. The molecule has 0 bridgehead atoms. The Morgan fingerprint density at radius 2 is 1.25 bits per heavy atom. The first-order valence-electron chi connectivity index (χ1n) is 8.70. The van der Waals surface area contributed by atoms with Crippen LogP contribution in [0.2, 0.25) is 0 Å². The van der Waals surface area contributed by atoms with Crippen molar-refractivity contribution in [3.8, 4) is 0 Å². The third-order valence-electron chi connectivity index (χ3n) is 3.89. The Balaban J connectivity index is 3.45. The fourth-order valence-corrected chi connectivity index (χ4v) is 2.62. The molecule has 20 heavy (non-hydrogen) atoms. The van der Waals surface area contributed by atoms with E-state index >= 15 is 0 Å². The van der Waals surface area contributed by atoms with Gasteiger partial charge in [-0.3, -0.25) is 0 Å². The maximum absolute atomic E-state index is 10.7. The predicted molar refractivity (Wildman–Crippen MR) is 86.3 cm³/mol. The fourth-order valence-electron chi connectivity index (χ4n) is 2.62. The quantitative estimate of drug-likeness (QED) is 0.400. The topological polar surface area (TPSA) is 49.3 Å². The largest absolute Gasteiger partial charge is 0.465 e. The molecule has 0 radical (unpaired) electrons. The number of carbonyl (C=O) groups is 1. The van der Waals surface area contributed by atoms with E-state index in [-0.39, 0.29) is 6.04 Å². The van der Waals surface area contributed by atoms with Gasteiger partial charge in [-0.1, -0.05) is 84.5 Å². The van der Waals surface area contributed by atoms with Gasteiger partial charge in [0.05, 0.1) is 0 Å². The summed E-state index contributed by atoms with van der Waals surface area (Å²) in [7, 11) is 0. The maximum atomic E-state index is 10.7. The second kappa shape index (κ2) is 14.7. The van der Waals surface area contributed by atoms with Gasteiger partial charge < -0.3 is 10.4 Å². The van der Waals surface area contributed by atoms with E-state index in [0.717, 1.165) is 32.1 Å². The van der Waals surface area contributed by atoms with Crippen molar-refractivity contribution >= 4 is 6.09 Å². The molecular formula is C17H35NO2. The van der Waals surface area contributed by atoms with Crippen molar-refractivity contribution in [2.75, 3.05) is 0 Å². The van der Waals surface area contributed by atoms with Gasteiger partial charge in [-0.25, -0.2) is 4.79 Å². The van der Waals surface area contributed by atoms with Gasteiger partial charge in [-0.05, 0) is 12.8 Å². The summed E-state index contributed by atoms with van der Waals surface area (Å²) in [5.41, 5.74) is 0. The molecule has 1 unspecified atom stereocenters. The van der Waals surface area contributed by atoms with Crippen LogP contribution in [0.15, 0.2) is 0 Å². The van der Waals surface area contributed by atoms with E-state index in [2.05, 4.69) is 19.2 Å². The molecule has 3 nitrogen and oxygen atoms in total. The molecule has 0 spiro atoms. The van der Waals surface area contributed by atoms with E-state index in [1.54, 1.807) is 0 Å². The van der Waals surface area contributed by atoms with Crippen LogP contribution in [0.25, 0.3) is 0 Å². The van der Waals surface area contributed by atoms with Crippen molar-refractivity contribution in [2.24, 2.45) is 0 Å².